The van der Waals surface area contributed by atoms with Crippen molar-refractivity contribution in [2.24, 2.45) is 5.92 Å². The van der Waals surface area contributed by atoms with Crippen LogP contribution in [0.2, 0.25) is 0 Å². The molecule has 0 atom stereocenters. The van der Waals surface area contributed by atoms with Gasteiger partial charge in [0.05, 0.1) is 0 Å². The molecule has 0 bridgehead atoms. The molecule has 0 heterocycles. The third-order valence-corrected chi connectivity index (χ3v) is 3.91. The van der Waals surface area contributed by atoms with E-state index in [1.807, 2.05) is 4.90 Å². The van der Waals surface area contributed by atoms with Crippen molar-refractivity contribution in [3.8, 4) is 0 Å². The summed E-state index contributed by atoms with van der Waals surface area (Å²) in [6.07, 6.45) is 0. The van der Waals surface area contributed by atoms with Gasteiger partial charge in [-0.25, -0.2) is 0 Å². The standard InChI is InChI=1S/C19H31N3O2/c1-6-21(7-2)12-13-22(14-15(3)4)19(24)17-8-10-18(11-9-17)20-16(5)23/h8-11,15H,6-7,12-14H2,1-5H3,(H,20,23). The number of nitrogens with one attached hydrogen (secondary N) is 1. The molecule has 0 aromatic heterocycles. The Morgan fingerprint density at radius 3 is 2.08 bits per heavy atom. The van der Waals surface area contributed by atoms with Gasteiger partial charge in [0.25, 0.3) is 5.91 Å². The summed E-state index contributed by atoms with van der Waals surface area (Å²) < 4.78 is 0. The monoisotopic (exact) mass is 333 g/mol. The molecule has 134 valence electrons. The normalized spacial score (nSPS) is 11.0. The number of rotatable bonds is 9. The van der Waals surface area contributed by atoms with E-state index in [-0.39, 0.29) is 11.8 Å². The summed E-state index contributed by atoms with van der Waals surface area (Å²) in [5, 5.41) is 2.72. The van der Waals surface area contributed by atoms with E-state index in [1.54, 1.807) is 24.3 Å². The second kappa shape index (κ2) is 10.1. The SMILES string of the molecule is CCN(CC)CCN(CC(C)C)C(=O)c1ccc(NC(C)=O)cc1. The van der Waals surface area contributed by atoms with Crippen molar-refractivity contribution in [1.29, 1.82) is 0 Å². The molecule has 1 aromatic rings. The highest BCUT2D eigenvalue weighted by Gasteiger charge is 2.17. The van der Waals surface area contributed by atoms with Crippen LogP contribution in [0.15, 0.2) is 24.3 Å². The Balaban J connectivity index is 2.80. The molecular weight excluding hydrogens is 302 g/mol. The molecule has 2 amide bonds. The molecule has 1 N–H and O–H groups in total. The highest BCUT2D eigenvalue weighted by atomic mass is 16.2. The van der Waals surface area contributed by atoms with Gasteiger partial charge in [-0.05, 0) is 43.3 Å². The van der Waals surface area contributed by atoms with Gasteiger partial charge in [-0.1, -0.05) is 27.7 Å². The van der Waals surface area contributed by atoms with Gasteiger partial charge < -0.3 is 15.1 Å². The Morgan fingerprint density at radius 2 is 1.62 bits per heavy atom. The Labute approximate surface area is 146 Å². The lowest BCUT2D eigenvalue weighted by atomic mass is 10.1. The average molecular weight is 333 g/mol. The first kappa shape index (κ1) is 20.2. The molecule has 0 spiro atoms. The van der Waals surface area contributed by atoms with E-state index in [1.165, 1.54) is 6.92 Å². The number of likely N-dealkylation sites (N-methyl/N-ethyl adjacent to an activating group) is 1. The summed E-state index contributed by atoms with van der Waals surface area (Å²) in [6.45, 7) is 14.3. The molecule has 1 rings (SSSR count). The van der Waals surface area contributed by atoms with Crippen molar-refractivity contribution < 1.29 is 9.59 Å². The van der Waals surface area contributed by atoms with E-state index in [0.717, 1.165) is 32.7 Å². The molecule has 0 saturated carbocycles. The van der Waals surface area contributed by atoms with Gasteiger partial charge in [-0.3, -0.25) is 9.59 Å². The number of carbonyl (C=O) groups excluding carboxylic acids is 2. The van der Waals surface area contributed by atoms with Gasteiger partial charge in [0.1, 0.15) is 0 Å². The lowest BCUT2D eigenvalue weighted by Crippen LogP contribution is -2.40. The van der Waals surface area contributed by atoms with Crippen LogP contribution < -0.4 is 5.32 Å². The van der Waals surface area contributed by atoms with Gasteiger partial charge in [0.15, 0.2) is 0 Å². The first-order valence-corrected chi connectivity index (χ1v) is 8.76. The van der Waals surface area contributed by atoms with E-state index in [4.69, 9.17) is 0 Å². The Kier molecular flexibility index (Phi) is 8.47. The minimum atomic E-state index is -0.116. The molecule has 0 saturated heterocycles. The van der Waals surface area contributed by atoms with Crippen LogP contribution in [0.1, 0.15) is 45.0 Å². The molecule has 5 heteroatoms. The average Bonchev–Trinajstić information content (AvgIpc) is 2.54. The predicted octanol–water partition coefficient (Wildman–Crippen LogP) is 3.09. The topological polar surface area (TPSA) is 52.6 Å². The summed E-state index contributed by atoms with van der Waals surface area (Å²) >= 11 is 0. The van der Waals surface area contributed by atoms with Crippen LogP contribution >= 0.6 is 0 Å². The second-order valence-electron chi connectivity index (χ2n) is 6.43. The molecule has 0 fully saturated rings. The van der Waals surface area contributed by atoms with E-state index in [9.17, 15) is 9.59 Å². The van der Waals surface area contributed by atoms with E-state index in [2.05, 4.69) is 37.9 Å². The van der Waals surface area contributed by atoms with E-state index < -0.39 is 0 Å². The fourth-order valence-corrected chi connectivity index (χ4v) is 2.60. The summed E-state index contributed by atoms with van der Waals surface area (Å²) in [4.78, 5) is 28.1. The van der Waals surface area contributed by atoms with Crippen molar-refractivity contribution >= 4 is 17.5 Å². The number of nitrogens with zero attached hydrogens (tertiary/aromatic N) is 2. The van der Waals surface area contributed by atoms with E-state index >= 15 is 0 Å². The van der Waals surface area contributed by atoms with Crippen molar-refractivity contribution in [3.05, 3.63) is 29.8 Å². The first-order chi connectivity index (χ1) is 11.4. The number of carbonyl (C=O) groups is 2. The second-order valence-corrected chi connectivity index (χ2v) is 6.43. The van der Waals surface area contributed by atoms with Crippen molar-refractivity contribution in [2.75, 3.05) is 38.0 Å². The molecule has 0 radical (unpaired) electrons. The third kappa shape index (κ3) is 6.71. The molecule has 5 nitrogen and oxygen atoms in total. The van der Waals surface area contributed by atoms with E-state index in [0.29, 0.717) is 17.2 Å². The zero-order valence-corrected chi connectivity index (χ0v) is 15.6. The maximum atomic E-state index is 12.8. The maximum Gasteiger partial charge on any atom is 0.253 e. The van der Waals surface area contributed by atoms with Crippen LogP contribution in [0.25, 0.3) is 0 Å². The highest BCUT2D eigenvalue weighted by molar-refractivity contribution is 5.95. The number of benzene rings is 1. The van der Waals surface area contributed by atoms with Crippen molar-refractivity contribution in [3.63, 3.8) is 0 Å². The van der Waals surface area contributed by atoms with Crippen LogP contribution in [-0.4, -0.2) is 54.3 Å². The number of amides is 2. The quantitative estimate of drug-likeness (QED) is 0.755. The molecule has 0 aliphatic rings. The minimum absolute atomic E-state index is 0.0465. The maximum absolute atomic E-state index is 12.8. The minimum Gasteiger partial charge on any atom is -0.337 e. The van der Waals surface area contributed by atoms with Crippen LogP contribution in [-0.2, 0) is 4.79 Å². The Morgan fingerprint density at radius 1 is 1.04 bits per heavy atom. The zero-order valence-electron chi connectivity index (χ0n) is 15.6. The zero-order chi connectivity index (χ0) is 18.1. The van der Waals surface area contributed by atoms with Gasteiger partial charge in [-0.15, -0.1) is 0 Å². The van der Waals surface area contributed by atoms with Crippen LogP contribution in [0.4, 0.5) is 5.69 Å². The largest absolute Gasteiger partial charge is 0.337 e. The molecule has 1 aromatic carbocycles. The lowest BCUT2D eigenvalue weighted by Gasteiger charge is -2.28. The summed E-state index contributed by atoms with van der Waals surface area (Å²) in [7, 11) is 0. The smallest absolute Gasteiger partial charge is 0.253 e. The number of hydrogen-bond acceptors (Lipinski definition) is 3. The molecule has 24 heavy (non-hydrogen) atoms. The van der Waals surface area contributed by atoms with Crippen molar-refractivity contribution in [1.82, 2.24) is 9.80 Å². The highest BCUT2D eigenvalue weighted by Crippen LogP contribution is 2.13. The predicted molar refractivity (Wildman–Crippen MR) is 99.3 cm³/mol. The van der Waals surface area contributed by atoms with Crippen LogP contribution in [0.5, 0.6) is 0 Å². The van der Waals surface area contributed by atoms with Gasteiger partial charge in [0, 0.05) is 37.8 Å². The number of anilines is 1. The molecule has 0 aliphatic heterocycles. The van der Waals surface area contributed by atoms with Crippen LogP contribution in [0.3, 0.4) is 0 Å². The summed E-state index contributed by atoms with van der Waals surface area (Å²) in [5.74, 6) is 0.351. The Bertz CT molecular complexity index is 522. The molecule has 0 unspecified atom stereocenters. The molecular formula is C19H31N3O2. The van der Waals surface area contributed by atoms with Crippen LogP contribution in [0, 0.1) is 5.92 Å². The fraction of sp³-hybridized carbons (Fsp3) is 0.579. The lowest BCUT2D eigenvalue weighted by molar-refractivity contribution is -0.114. The molecule has 0 aliphatic carbocycles. The fourth-order valence-electron chi connectivity index (χ4n) is 2.60. The number of hydrogen-bond donors (Lipinski definition) is 1. The summed E-state index contributed by atoms with van der Waals surface area (Å²) in [6, 6.07) is 7.09. The summed E-state index contributed by atoms with van der Waals surface area (Å²) in [5.41, 5.74) is 1.36. The van der Waals surface area contributed by atoms with Crippen molar-refractivity contribution in [2.45, 2.75) is 34.6 Å². The van der Waals surface area contributed by atoms with Gasteiger partial charge >= 0.3 is 0 Å². The van der Waals surface area contributed by atoms with Gasteiger partial charge in [0.2, 0.25) is 5.91 Å². The third-order valence-electron chi connectivity index (χ3n) is 3.91. The first-order valence-electron chi connectivity index (χ1n) is 8.76. The van der Waals surface area contributed by atoms with Gasteiger partial charge in [-0.2, -0.15) is 0 Å². The Hall–Kier alpha value is -1.88.